The van der Waals surface area contributed by atoms with Gasteiger partial charge >= 0.3 is 0 Å². The van der Waals surface area contributed by atoms with Crippen LogP contribution in [0.3, 0.4) is 0 Å². The van der Waals surface area contributed by atoms with E-state index in [0.717, 1.165) is 0 Å². The molecule has 2 saturated heterocycles. The summed E-state index contributed by atoms with van der Waals surface area (Å²) in [5.74, 6) is -0.620. The first-order chi connectivity index (χ1) is 18.3. The molecule has 4 amide bonds. The van der Waals surface area contributed by atoms with Crippen molar-refractivity contribution in [2.45, 2.75) is 43.7 Å². The number of carbonyl (C=O) groups is 4. The summed E-state index contributed by atoms with van der Waals surface area (Å²) in [6.45, 7) is 2.38. The molecule has 1 spiro atoms. The molecule has 1 aromatic rings. The van der Waals surface area contributed by atoms with Gasteiger partial charge in [-0.05, 0) is 51.9 Å². The van der Waals surface area contributed by atoms with E-state index in [-0.39, 0.29) is 49.3 Å². The lowest BCUT2D eigenvalue weighted by Crippen LogP contribution is -2.58. The molecule has 0 unspecified atom stereocenters. The van der Waals surface area contributed by atoms with Gasteiger partial charge in [0, 0.05) is 38.2 Å². The molecule has 0 radical (unpaired) electrons. The number of amides is 4. The summed E-state index contributed by atoms with van der Waals surface area (Å²) in [4.78, 5) is 54.8. The number of rotatable bonds is 2. The number of carbonyl (C=O) groups excluding carboxylic acids is 4. The van der Waals surface area contributed by atoms with Gasteiger partial charge in [0.05, 0.1) is 31.4 Å². The van der Waals surface area contributed by atoms with Crippen LogP contribution in [-0.2, 0) is 23.9 Å². The predicted molar refractivity (Wildman–Crippen MR) is 141 cm³/mol. The monoisotopic (exact) mass is 531 g/mol. The number of nitrogens with one attached hydrogen (secondary N) is 3. The van der Waals surface area contributed by atoms with E-state index >= 15 is 0 Å². The summed E-state index contributed by atoms with van der Waals surface area (Å²) in [5, 5.41) is 8.86. The molecule has 38 heavy (non-hydrogen) atoms. The fraction of sp³-hybridized carbons (Fsp3) is 0.630. The molecule has 0 bridgehead atoms. The van der Waals surface area contributed by atoms with E-state index < -0.39 is 5.54 Å². The lowest BCUT2D eigenvalue weighted by molar-refractivity contribution is -0.130. The van der Waals surface area contributed by atoms with Crippen LogP contribution in [0.5, 0.6) is 0 Å². The van der Waals surface area contributed by atoms with E-state index in [9.17, 15) is 19.2 Å². The summed E-state index contributed by atoms with van der Waals surface area (Å²) in [6, 6.07) is 8.78. The van der Waals surface area contributed by atoms with Crippen molar-refractivity contribution >= 4 is 23.6 Å². The first kappa shape index (κ1) is 29.5. The smallest absolute Gasteiger partial charge is 0.253 e. The molecule has 3 N–H and O–H groups in total. The van der Waals surface area contributed by atoms with E-state index in [2.05, 4.69) is 16.0 Å². The Morgan fingerprint density at radius 1 is 0.947 bits per heavy atom. The first-order valence-electron chi connectivity index (χ1n) is 13.3. The predicted octanol–water partition coefficient (Wildman–Crippen LogP) is 0.157. The van der Waals surface area contributed by atoms with E-state index in [0.29, 0.717) is 70.6 Å². The Morgan fingerprint density at radius 3 is 2.37 bits per heavy atom. The molecule has 11 heteroatoms. The summed E-state index contributed by atoms with van der Waals surface area (Å²) >= 11 is 0. The average molecular weight is 532 g/mol. The van der Waals surface area contributed by atoms with Crippen LogP contribution in [-0.4, -0.2) is 112 Å². The minimum Gasteiger partial charge on any atom is -0.377 e. The number of hydrogen-bond donors (Lipinski definition) is 3. The Labute approximate surface area is 224 Å². The van der Waals surface area contributed by atoms with Gasteiger partial charge in [0.2, 0.25) is 17.7 Å². The highest BCUT2D eigenvalue weighted by Gasteiger charge is 2.39. The van der Waals surface area contributed by atoms with Crippen LogP contribution in [0.2, 0.25) is 0 Å². The third-order valence-corrected chi connectivity index (χ3v) is 6.99. The SMILES string of the molecule is CN(C)[C@H]1CCCNC(=O)CC2(CCN(C(=O)c3ccccc3)CC2)NC(=O)COCCOCCNC1=O. The van der Waals surface area contributed by atoms with Crippen LogP contribution in [0.4, 0.5) is 0 Å². The van der Waals surface area contributed by atoms with Crippen LogP contribution < -0.4 is 16.0 Å². The highest BCUT2D eigenvalue weighted by Crippen LogP contribution is 2.27. The third kappa shape index (κ3) is 9.07. The molecule has 0 aliphatic carbocycles. The summed E-state index contributed by atoms with van der Waals surface area (Å²) < 4.78 is 11.0. The molecule has 0 saturated carbocycles. The fourth-order valence-corrected chi connectivity index (χ4v) is 4.84. The number of likely N-dealkylation sites (tertiary alicyclic amines) is 1. The van der Waals surface area contributed by atoms with Crippen LogP contribution in [0.25, 0.3) is 0 Å². The standard InChI is InChI=1S/C27H41N5O6/c1-31(2)22-9-6-12-28-23(33)19-27(30-24(34)20-38-18-17-37-16-13-29-25(22)35)10-14-32(15-11-27)26(36)21-7-4-3-5-8-21/h3-5,7-8,22H,6,9-20H2,1-2H3,(H,28,33)(H,29,35)(H,30,34)/t22-/m0/s1. The zero-order chi connectivity index (χ0) is 27.4. The van der Waals surface area contributed by atoms with Crippen molar-refractivity contribution in [3.63, 3.8) is 0 Å². The van der Waals surface area contributed by atoms with Crippen molar-refractivity contribution in [1.29, 1.82) is 0 Å². The van der Waals surface area contributed by atoms with E-state index in [1.165, 1.54) is 0 Å². The van der Waals surface area contributed by atoms with Crippen LogP contribution in [0.1, 0.15) is 42.5 Å². The summed E-state index contributed by atoms with van der Waals surface area (Å²) in [5.41, 5.74) is -0.158. The van der Waals surface area contributed by atoms with Crippen molar-refractivity contribution in [3.8, 4) is 0 Å². The van der Waals surface area contributed by atoms with Crippen LogP contribution in [0, 0.1) is 0 Å². The van der Waals surface area contributed by atoms with Crippen molar-refractivity contribution in [2.24, 2.45) is 0 Å². The molecule has 2 fully saturated rings. The first-order valence-corrected chi connectivity index (χ1v) is 13.3. The van der Waals surface area contributed by atoms with Gasteiger partial charge in [-0.1, -0.05) is 18.2 Å². The summed E-state index contributed by atoms with van der Waals surface area (Å²) in [6.07, 6.45) is 2.23. The minimum absolute atomic E-state index is 0.0600. The topological polar surface area (TPSA) is 129 Å². The molecule has 1 aromatic carbocycles. The molecule has 1 atom stereocenters. The van der Waals surface area contributed by atoms with Crippen molar-refractivity contribution < 1.29 is 28.7 Å². The number of likely N-dealkylation sites (N-methyl/N-ethyl adjacent to an activating group) is 1. The molecular formula is C27H41N5O6. The molecule has 2 aliphatic rings. The minimum atomic E-state index is -0.774. The van der Waals surface area contributed by atoms with E-state index in [1.807, 2.05) is 37.2 Å². The second-order valence-corrected chi connectivity index (χ2v) is 10.1. The number of piperidine rings is 1. The Balaban J connectivity index is 1.64. The molecule has 3 rings (SSSR count). The van der Waals surface area contributed by atoms with Gasteiger partial charge in [-0.15, -0.1) is 0 Å². The van der Waals surface area contributed by atoms with Gasteiger partial charge in [0.1, 0.15) is 6.61 Å². The summed E-state index contributed by atoms with van der Waals surface area (Å²) in [7, 11) is 3.71. The van der Waals surface area contributed by atoms with Gasteiger partial charge in [-0.25, -0.2) is 0 Å². The van der Waals surface area contributed by atoms with Gasteiger partial charge in [-0.2, -0.15) is 0 Å². The van der Waals surface area contributed by atoms with Crippen molar-refractivity contribution in [3.05, 3.63) is 35.9 Å². The highest BCUT2D eigenvalue weighted by atomic mass is 16.5. The average Bonchev–Trinajstić information content (AvgIpc) is 2.89. The van der Waals surface area contributed by atoms with Crippen molar-refractivity contribution in [1.82, 2.24) is 25.8 Å². The van der Waals surface area contributed by atoms with Gasteiger partial charge in [-0.3, -0.25) is 24.1 Å². The lowest BCUT2D eigenvalue weighted by atomic mass is 9.83. The Hall–Kier alpha value is -3.02. The van der Waals surface area contributed by atoms with Crippen LogP contribution >= 0.6 is 0 Å². The van der Waals surface area contributed by atoms with Crippen molar-refractivity contribution in [2.75, 3.05) is 66.7 Å². The number of nitrogens with zero attached hydrogens (tertiary/aromatic N) is 2. The highest BCUT2D eigenvalue weighted by molar-refractivity contribution is 5.94. The molecule has 0 aromatic heterocycles. The third-order valence-electron chi connectivity index (χ3n) is 6.99. The second-order valence-electron chi connectivity index (χ2n) is 10.1. The van der Waals surface area contributed by atoms with Gasteiger partial charge in [0.15, 0.2) is 0 Å². The van der Waals surface area contributed by atoms with Gasteiger partial charge in [0.25, 0.3) is 5.91 Å². The Bertz CT molecular complexity index is 933. The number of ether oxygens (including phenoxy) is 2. The maximum absolute atomic E-state index is 12.9. The normalized spacial score (nSPS) is 23.0. The van der Waals surface area contributed by atoms with E-state index in [4.69, 9.17) is 9.47 Å². The van der Waals surface area contributed by atoms with Crippen LogP contribution in [0.15, 0.2) is 30.3 Å². The lowest BCUT2D eigenvalue weighted by Gasteiger charge is -2.42. The Morgan fingerprint density at radius 2 is 1.66 bits per heavy atom. The zero-order valence-corrected chi connectivity index (χ0v) is 22.5. The molecule has 11 nitrogen and oxygen atoms in total. The largest absolute Gasteiger partial charge is 0.377 e. The maximum atomic E-state index is 12.9. The number of benzene rings is 1. The van der Waals surface area contributed by atoms with Gasteiger partial charge < -0.3 is 30.3 Å². The fourth-order valence-electron chi connectivity index (χ4n) is 4.84. The molecule has 2 heterocycles. The van der Waals surface area contributed by atoms with E-state index in [1.54, 1.807) is 17.0 Å². The molecule has 210 valence electrons. The number of hydrogen-bond acceptors (Lipinski definition) is 7. The molecular weight excluding hydrogens is 490 g/mol. The zero-order valence-electron chi connectivity index (χ0n) is 22.5. The quantitative estimate of drug-likeness (QED) is 0.496. The second kappa shape index (κ2) is 14.8. The molecule has 2 aliphatic heterocycles. The maximum Gasteiger partial charge on any atom is 0.253 e. The Kier molecular flexibility index (Phi) is 11.5.